The molecule has 23 heavy (non-hydrogen) atoms. The predicted molar refractivity (Wildman–Crippen MR) is 87.1 cm³/mol. The molecule has 1 aromatic heterocycles. The van der Waals surface area contributed by atoms with Crippen LogP contribution in [0.15, 0.2) is 36.4 Å². The summed E-state index contributed by atoms with van der Waals surface area (Å²) in [4.78, 5) is 11.6. The standard InChI is InChI=1S/C17H20N4O2/c1-17(2,3)12-15(22)23-11-7-10-14-18-20-16(21-19-14)13-8-5-4-6-9-13/h4-10H,11-12H2,1-3H3/b10-7-. The summed E-state index contributed by atoms with van der Waals surface area (Å²) in [5.74, 6) is 0.620. The lowest BCUT2D eigenvalue weighted by Crippen LogP contribution is -2.15. The predicted octanol–water partition coefficient (Wildman–Crippen LogP) is 2.93. The van der Waals surface area contributed by atoms with Crippen LogP contribution in [0.3, 0.4) is 0 Å². The Morgan fingerprint density at radius 1 is 1.09 bits per heavy atom. The topological polar surface area (TPSA) is 77.9 Å². The van der Waals surface area contributed by atoms with Crippen LogP contribution < -0.4 is 0 Å². The van der Waals surface area contributed by atoms with Gasteiger partial charge in [-0.3, -0.25) is 4.79 Å². The Morgan fingerprint density at radius 3 is 2.35 bits per heavy atom. The number of nitrogens with zero attached hydrogens (tertiary/aromatic N) is 4. The average molecular weight is 312 g/mol. The van der Waals surface area contributed by atoms with Gasteiger partial charge < -0.3 is 4.74 Å². The first-order valence-electron chi connectivity index (χ1n) is 7.39. The zero-order chi connectivity index (χ0) is 16.7. The number of esters is 1. The fourth-order valence-corrected chi connectivity index (χ4v) is 1.79. The Balaban J connectivity index is 1.85. The third-order valence-corrected chi connectivity index (χ3v) is 2.81. The molecular formula is C17H20N4O2. The minimum atomic E-state index is -0.223. The van der Waals surface area contributed by atoms with Crippen molar-refractivity contribution in [3.63, 3.8) is 0 Å². The molecule has 0 N–H and O–H groups in total. The fraction of sp³-hybridized carbons (Fsp3) is 0.353. The van der Waals surface area contributed by atoms with E-state index in [0.717, 1.165) is 5.56 Å². The SMILES string of the molecule is CC(C)(C)CC(=O)OC/C=C\c1nnc(-c2ccccc2)nn1. The maximum absolute atomic E-state index is 11.6. The first kappa shape index (κ1) is 16.7. The normalized spacial score (nSPS) is 11.6. The quantitative estimate of drug-likeness (QED) is 0.790. The Bertz CT molecular complexity index is 661. The number of aromatic nitrogens is 4. The van der Waals surface area contributed by atoms with Crippen molar-refractivity contribution in [1.29, 1.82) is 0 Å². The van der Waals surface area contributed by atoms with Crippen LogP contribution in [0.5, 0.6) is 0 Å². The van der Waals surface area contributed by atoms with Gasteiger partial charge in [-0.2, -0.15) is 0 Å². The van der Waals surface area contributed by atoms with Crippen LogP contribution in [0.2, 0.25) is 0 Å². The van der Waals surface area contributed by atoms with Crippen LogP contribution in [-0.2, 0) is 9.53 Å². The molecule has 0 saturated heterocycles. The molecule has 120 valence electrons. The van der Waals surface area contributed by atoms with Gasteiger partial charge in [0, 0.05) is 5.56 Å². The van der Waals surface area contributed by atoms with Gasteiger partial charge in [0.2, 0.25) is 5.82 Å². The summed E-state index contributed by atoms with van der Waals surface area (Å²) in [5, 5.41) is 16.0. The highest BCUT2D eigenvalue weighted by molar-refractivity contribution is 5.70. The van der Waals surface area contributed by atoms with E-state index in [1.165, 1.54) is 0 Å². The number of benzene rings is 1. The van der Waals surface area contributed by atoms with E-state index in [0.29, 0.717) is 18.1 Å². The Morgan fingerprint density at radius 2 is 1.74 bits per heavy atom. The van der Waals surface area contributed by atoms with Crippen LogP contribution in [-0.4, -0.2) is 33.0 Å². The Hall–Kier alpha value is -2.63. The van der Waals surface area contributed by atoms with Gasteiger partial charge >= 0.3 is 5.97 Å². The fourth-order valence-electron chi connectivity index (χ4n) is 1.79. The number of carbonyl (C=O) groups excluding carboxylic acids is 1. The second-order valence-electron chi connectivity index (χ2n) is 6.27. The molecule has 0 aliphatic heterocycles. The minimum Gasteiger partial charge on any atom is -0.461 e. The van der Waals surface area contributed by atoms with Gasteiger partial charge in [-0.15, -0.1) is 20.4 Å². The summed E-state index contributed by atoms with van der Waals surface area (Å²) < 4.78 is 5.11. The third kappa shape index (κ3) is 5.94. The van der Waals surface area contributed by atoms with Gasteiger partial charge in [0.1, 0.15) is 6.61 Å². The number of hydrogen-bond acceptors (Lipinski definition) is 6. The molecule has 0 radical (unpaired) electrons. The monoisotopic (exact) mass is 312 g/mol. The van der Waals surface area contributed by atoms with E-state index >= 15 is 0 Å². The molecule has 6 heteroatoms. The van der Waals surface area contributed by atoms with Crippen LogP contribution in [0, 0.1) is 5.41 Å². The van der Waals surface area contributed by atoms with E-state index in [1.807, 2.05) is 51.1 Å². The zero-order valence-corrected chi connectivity index (χ0v) is 13.6. The van der Waals surface area contributed by atoms with Crippen LogP contribution in [0.25, 0.3) is 17.5 Å². The van der Waals surface area contributed by atoms with Gasteiger partial charge in [0.05, 0.1) is 6.42 Å². The molecule has 2 aromatic rings. The number of hydrogen-bond donors (Lipinski definition) is 0. The van der Waals surface area contributed by atoms with Crippen molar-refractivity contribution in [2.75, 3.05) is 6.61 Å². The van der Waals surface area contributed by atoms with E-state index in [4.69, 9.17) is 4.74 Å². The molecule has 0 aliphatic carbocycles. The van der Waals surface area contributed by atoms with E-state index in [9.17, 15) is 4.79 Å². The third-order valence-electron chi connectivity index (χ3n) is 2.81. The van der Waals surface area contributed by atoms with Crippen molar-refractivity contribution in [3.8, 4) is 11.4 Å². The van der Waals surface area contributed by atoms with E-state index in [-0.39, 0.29) is 18.0 Å². The molecule has 6 nitrogen and oxygen atoms in total. The lowest BCUT2D eigenvalue weighted by Gasteiger charge is -2.15. The summed E-state index contributed by atoms with van der Waals surface area (Å²) in [5.41, 5.74) is 0.782. The van der Waals surface area contributed by atoms with Crippen molar-refractivity contribution < 1.29 is 9.53 Å². The average Bonchev–Trinajstić information content (AvgIpc) is 2.51. The molecule has 2 rings (SSSR count). The van der Waals surface area contributed by atoms with Crippen molar-refractivity contribution >= 4 is 12.0 Å². The van der Waals surface area contributed by atoms with Gasteiger partial charge in [-0.25, -0.2) is 0 Å². The van der Waals surface area contributed by atoms with Crippen molar-refractivity contribution in [2.24, 2.45) is 5.41 Å². The largest absolute Gasteiger partial charge is 0.461 e. The summed E-state index contributed by atoms with van der Waals surface area (Å²) in [6, 6.07) is 9.51. The van der Waals surface area contributed by atoms with Crippen LogP contribution in [0.1, 0.15) is 33.0 Å². The molecule has 0 saturated carbocycles. The van der Waals surface area contributed by atoms with E-state index in [2.05, 4.69) is 20.4 Å². The lowest BCUT2D eigenvalue weighted by atomic mass is 9.93. The van der Waals surface area contributed by atoms with Gasteiger partial charge in [0.15, 0.2) is 5.82 Å². The van der Waals surface area contributed by atoms with E-state index < -0.39 is 0 Å². The first-order chi connectivity index (χ1) is 10.9. The number of rotatable bonds is 5. The molecule has 1 heterocycles. The molecule has 0 unspecified atom stereocenters. The maximum atomic E-state index is 11.6. The molecule has 0 spiro atoms. The minimum absolute atomic E-state index is 0.0784. The lowest BCUT2D eigenvalue weighted by molar-refractivity contribution is -0.144. The highest BCUT2D eigenvalue weighted by Crippen LogP contribution is 2.18. The summed E-state index contributed by atoms with van der Waals surface area (Å²) in [6.07, 6.45) is 3.67. The van der Waals surface area contributed by atoms with E-state index in [1.54, 1.807) is 12.2 Å². The van der Waals surface area contributed by atoms with Gasteiger partial charge in [-0.05, 0) is 17.6 Å². The first-order valence-corrected chi connectivity index (χ1v) is 7.39. The molecule has 0 bridgehead atoms. The molecule has 0 aliphatic rings. The molecule has 0 amide bonds. The second-order valence-corrected chi connectivity index (χ2v) is 6.27. The van der Waals surface area contributed by atoms with Crippen molar-refractivity contribution in [1.82, 2.24) is 20.4 Å². The van der Waals surface area contributed by atoms with Crippen molar-refractivity contribution in [3.05, 3.63) is 42.2 Å². The maximum Gasteiger partial charge on any atom is 0.306 e. The zero-order valence-electron chi connectivity index (χ0n) is 13.6. The number of ether oxygens (including phenoxy) is 1. The Labute approximate surface area is 135 Å². The molecule has 0 atom stereocenters. The summed E-state index contributed by atoms with van der Waals surface area (Å²) >= 11 is 0. The highest BCUT2D eigenvalue weighted by atomic mass is 16.5. The molecular weight excluding hydrogens is 292 g/mol. The number of carbonyl (C=O) groups is 1. The smallest absolute Gasteiger partial charge is 0.306 e. The second kappa shape index (κ2) is 7.58. The van der Waals surface area contributed by atoms with Crippen LogP contribution >= 0.6 is 0 Å². The summed E-state index contributed by atoms with van der Waals surface area (Å²) in [6.45, 7) is 6.15. The van der Waals surface area contributed by atoms with Gasteiger partial charge in [0.25, 0.3) is 0 Å². The Kier molecular flexibility index (Phi) is 5.51. The highest BCUT2D eigenvalue weighted by Gasteiger charge is 2.16. The van der Waals surface area contributed by atoms with Crippen molar-refractivity contribution in [2.45, 2.75) is 27.2 Å². The van der Waals surface area contributed by atoms with Gasteiger partial charge in [-0.1, -0.05) is 51.1 Å². The van der Waals surface area contributed by atoms with Crippen LogP contribution in [0.4, 0.5) is 0 Å². The molecule has 1 aromatic carbocycles. The summed E-state index contributed by atoms with van der Waals surface area (Å²) in [7, 11) is 0. The molecule has 0 fully saturated rings.